The molecule has 1 aromatic rings. The van der Waals surface area contributed by atoms with Crippen LogP contribution in [0.5, 0.6) is 5.75 Å². The molecule has 0 heterocycles. The molecule has 1 aromatic carbocycles. The SMILES string of the molecule is CN=C(C=C(N)C(C)(C)C)NC(=O)C(C)(C)S(=O)(=O)c1ccc(OC)c(F)c1. The predicted molar refractivity (Wildman–Crippen MR) is 107 cm³/mol. The average molecular weight is 414 g/mol. The van der Waals surface area contributed by atoms with Crippen LogP contribution in [-0.4, -0.2) is 39.1 Å². The molecule has 0 aliphatic rings. The van der Waals surface area contributed by atoms with Crippen molar-refractivity contribution in [2.24, 2.45) is 16.1 Å². The number of amidine groups is 1. The number of benzene rings is 1. The largest absolute Gasteiger partial charge is 0.494 e. The Morgan fingerprint density at radius 1 is 1.25 bits per heavy atom. The maximum atomic E-state index is 14.0. The summed E-state index contributed by atoms with van der Waals surface area (Å²) < 4.78 is 42.8. The lowest BCUT2D eigenvalue weighted by Crippen LogP contribution is -2.49. The van der Waals surface area contributed by atoms with Crippen molar-refractivity contribution in [3.05, 3.63) is 35.8 Å². The van der Waals surface area contributed by atoms with Gasteiger partial charge in [-0.05, 0) is 38.1 Å². The number of carbonyl (C=O) groups excluding carboxylic acids is 1. The number of hydrogen-bond acceptors (Lipinski definition) is 6. The van der Waals surface area contributed by atoms with E-state index in [4.69, 9.17) is 10.5 Å². The van der Waals surface area contributed by atoms with Crippen LogP contribution in [-0.2, 0) is 14.6 Å². The maximum absolute atomic E-state index is 14.0. The van der Waals surface area contributed by atoms with Gasteiger partial charge in [-0.3, -0.25) is 9.79 Å². The predicted octanol–water partition coefficient (Wildman–Crippen LogP) is 2.42. The van der Waals surface area contributed by atoms with Gasteiger partial charge in [-0.15, -0.1) is 0 Å². The third kappa shape index (κ3) is 4.89. The fourth-order valence-electron chi connectivity index (χ4n) is 2.02. The van der Waals surface area contributed by atoms with Gasteiger partial charge in [0.1, 0.15) is 10.6 Å². The Morgan fingerprint density at radius 2 is 1.82 bits per heavy atom. The number of halogens is 1. The van der Waals surface area contributed by atoms with Crippen molar-refractivity contribution in [3.63, 3.8) is 0 Å². The van der Waals surface area contributed by atoms with Crippen LogP contribution in [0.4, 0.5) is 4.39 Å². The van der Waals surface area contributed by atoms with E-state index in [1.807, 2.05) is 20.8 Å². The van der Waals surface area contributed by atoms with Crippen LogP contribution in [0.15, 0.2) is 39.9 Å². The number of ether oxygens (including phenoxy) is 1. The summed E-state index contributed by atoms with van der Waals surface area (Å²) in [5, 5.41) is 2.48. The van der Waals surface area contributed by atoms with E-state index >= 15 is 0 Å². The van der Waals surface area contributed by atoms with Crippen LogP contribution < -0.4 is 15.8 Å². The molecule has 0 saturated heterocycles. The maximum Gasteiger partial charge on any atom is 0.246 e. The fourth-order valence-corrected chi connectivity index (χ4v) is 3.41. The van der Waals surface area contributed by atoms with E-state index < -0.39 is 26.3 Å². The van der Waals surface area contributed by atoms with Gasteiger partial charge >= 0.3 is 0 Å². The molecule has 0 radical (unpaired) electrons. The number of nitrogens with one attached hydrogen (secondary N) is 1. The van der Waals surface area contributed by atoms with Crippen LogP contribution in [0.25, 0.3) is 0 Å². The van der Waals surface area contributed by atoms with E-state index in [0.29, 0.717) is 5.70 Å². The lowest BCUT2D eigenvalue weighted by molar-refractivity contribution is -0.121. The van der Waals surface area contributed by atoms with Crippen LogP contribution >= 0.6 is 0 Å². The molecule has 0 aromatic heterocycles. The monoisotopic (exact) mass is 413 g/mol. The highest BCUT2D eigenvalue weighted by atomic mass is 32.2. The van der Waals surface area contributed by atoms with E-state index in [9.17, 15) is 17.6 Å². The first kappa shape index (κ1) is 23.6. The molecule has 0 unspecified atom stereocenters. The van der Waals surface area contributed by atoms with E-state index in [-0.39, 0.29) is 21.9 Å². The van der Waals surface area contributed by atoms with Crippen molar-refractivity contribution in [1.82, 2.24) is 5.32 Å². The minimum absolute atomic E-state index is 0.0931. The van der Waals surface area contributed by atoms with Crippen molar-refractivity contribution in [2.75, 3.05) is 14.2 Å². The summed E-state index contributed by atoms with van der Waals surface area (Å²) in [6.07, 6.45) is 1.48. The van der Waals surface area contributed by atoms with E-state index in [2.05, 4.69) is 10.3 Å². The van der Waals surface area contributed by atoms with Gasteiger partial charge in [0.15, 0.2) is 21.4 Å². The molecule has 0 spiro atoms. The molecular formula is C19H28FN3O4S. The first-order valence-electron chi connectivity index (χ1n) is 8.52. The Bertz CT molecular complexity index is 914. The molecule has 156 valence electrons. The van der Waals surface area contributed by atoms with Gasteiger partial charge in [0.2, 0.25) is 5.91 Å². The van der Waals surface area contributed by atoms with Gasteiger partial charge in [0.25, 0.3) is 0 Å². The van der Waals surface area contributed by atoms with Gasteiger partial charge < -0.3 is 15.8 Å². The topological polar surface area (TPSA) is 111 Å². The Kier molecular flexibility index (Phi) is 7.00. The van der Waals surface area contributed by atoms with Gasteiger partial charge in [-0.2, -0.15) is 0 Å². The van der Waals surface area contributed by atoms with E-state index in [1.54, 1.807) is 0 Å². The smallest absolute Gasteiger partial charge is 0.246 e. The van der Waals surface area contributed by atoms with Crippen molar-refractivity contribution in [3.8, 4) is 5.75 Å². The van der Waals surface area contributed by atoms with Crippen LogP contribution in [0, 0.1) is 11.2 Å². The summed E-state index contributed by atoms with van der Waals surface area (Å²) in [5.74, 6) is -1.62. The second-order valence-corrected chi connectivity index (χ2v) is 10.2. The second kappa shape index (κ2) is 8.30. The van der Waals surface area contributed by atoms with Crippen molar-refractivity contribution in [2.45, 2.75) is 44.3 Å². The number of aliphatic imine (C=N–C) groups is 1. The molecular weight excluding hydrogens is 385 g/mol. The number of sulfone groups is 1. The molecule has 1 rings (SSSR count). The first-order chi connectivity index (χ1) is 12.7. The molecule has 7 nitrogen and oxygen atoms in total. The first-order valence-corrected chi connectivity index (χ1v) is 10.0. The molecule has 0 atom stereocenters. The zero-order valence-electron chi connectivity index (χ0n) is 17.3. The zero-order chi connectivity index (χ0) is 21.9. The van der Waals surface area contributed by atoms with Gasteiger partial charge in [-0.1, -0.05) is 20.8 Å². The fraction of sp³-hybridized carbons (Fsp3) is 0.474. The molecule has 3 N–H and O–H groups in total. The highest BCUT2D eigenvalue weighted by molar-refractivity contribution is 7.93. The van der Waals surface area contributed by atoms with E-state index in [0.717, 1.165) is 6.07 Å². The van der Waals surface area contributed by atoms with Crippen molar-refractivity contribution >= 4 is 21.6 Å². The van der Waals surface area contributed by atoms with Crippen LogP contribution in [0.3, 0.4) is 0 Å². The molecule has 0 aliphatic heterocycles. The Hall–Kier alpha value is -2.42. The summed E-state index contributed by atoms with van der Waals surface area (Å²) in [6, 6.07) is 3.22. The minimum atomic E-state index is -4.21. The number of nitrogens with two attached hydrogens (primary N) is 1. The summed E-state index contributed by atoms with van der Waals surface area (Å²) >= 11 is 0. The Balaban J connectivity index is 3.23. The molecule has 0 bridgehead atoms. The molecule has 1 amide bonds. The molecule has 28 heavy (non-hydrogen) atoms. The number of hydrogen-bond donors (Lipinski definition) is 2. The molecule has 0 saturated carbocycles. The highest BCUT2D eigenvalue weighted by Crippen LogP contribution is 2.29. The lowest BCUT2D eigenvalue weighted by atomic mass is 9.92. The summed E-state index contributed by atoms with van der Waals surface area (Å²) in [5.41, 5.74) is 6.10. The summed E-state index contributed by atoms with van der Waals surface area (Å²) in [7, 11) is -1.49. The average Bonchev–Trinajstić information content (AvgIpc) is 2.59. The minimum Gasteiger partial charge on any atom is -0.494 e. The quantitative estimate of drug-likeness (QED) is 0.569. The van der Waals surface area contributed by atoms with Gasteiger partial charge in [0, 0.05) is 18.2 Å². The Morgan fingerprint density at radius 3 is 2.25 bits per heavy atom. The van der Waals surface area contributed by atoms with Crippen molar-refractivity contribution in [1.29, 1.82) is 0 Å². The zero-order valence-corrected chi connectivity index (χ0v) is 18.1. The van der Waals surface area contributed by atoms with Crippen LogP contribution in [0.1, 0.15) is 34.6 Å². The lowest BCUT2D eigenvalue weighted by Gasteiger charge is -2.25. The third-order valence-electron chi connectivity index (χ3n) is 4.29. The normalized spacial score (nSPS) is 14.0. The second-order valence-electron chi connectivity index (χ2n) is 7.72. The Labute approximate surface area is 165 Å². The third-order valence-corrected chi connectivity index (χ3v) is 6.70. The number of carbonyl (C=O) groups is 1. The molecule has 0 fully saturated rings. The van der Waals surface area contributed by atoms with Crippen molar-refractivity contribution < 1.29 is 22.3 Å². The van der Waals surface area contributed by atoms with Gasteiger partial charge in [-0.25, -0.2) is 12.8 Å². The highest BCUT2D eigenvalue weighted by Gasteiger charge is 2.43. The number of methoxy groups -OCH3 is 1. The summed E-state index contributed by atoms with van der Waals surface area (Å²) in [4.78, 5) is 16.3. The van der Waals surface area contributed by atoms with Crippen LogP contribution in [0.2, 0.25) is 0 Å². The summed E-state index contributed by atoms with van der Waals surface area (Å²) in [6.45, 7) is 8.15. The number of nitrogens with zero attached hydrogens (tertiary/aromatic N) is 1. The standard InChI is InChI=1S/C19H28FN3O4S/c1-18(2,3)15(21)11-16(22-6)23-17(24)19(4,5)28(25,26)12-8-9-14(27-7)13(20)10-12/h8-11H,21H2,1-7H3,(H,22,23,24). The van der Waals surface area contributed by atoms with E-state index in [1.165, 1.54) is 46.2 Å². The number of allylic oxidation sites excluding steroid dienone is 1. The molecule has 9 heteroatoms. The molecule has 0 aliphatic carbocycles. The number of rotatable bonds is 5. The van der Waals surface area contributed by atoms with Gasteiger partial charge in [0.05, 0.1) is 12.0 Å². The number of amides is 1.